The molecule has 0 heterocycles. The van der Waals surface area contributed by atoms with Crippen molar-refractivity contribution in [2.45, 2.75) is 33.7 Å². The highest BCUT2D eigenvalue weighted by Gasteiger charge is 2.25. The molecule has 5 nitrogen and oxygen atoms in total. The van der Waals surface area contributed by atoms with Gasteiger partial charge in [0.05, 0.1) is 7.11 Å². The summed E-state index contributed by atoms with van der Waals surface area (Å²) in [5.74, 6) is -0.102. The molecule has 0 aromatic heterocycles. The first-order chi connectivity index (χ1) is 7.40. The van der Waals surface area contributed by atoms with Crippen molar-refractivity contribution >= 4 is 12.0 Å². The Morgan fingerprint density at radius 3 is 1.88 bits per heavy atom. The first-order valence-electron chi connectivity index (χ1n) is 5.45. The SMILES string of the molecule is CC.COC(=O)NC(C(=O)N(C)C)C(C)C. The maximum atomic E-state index is 11.6. The lowest BCUT2D eigenvalue weighted by Crippen LogP contribution is -2.49. The van der Waals surface area contributed by atoms with Crippen molar-refractivity contribution < 1.29 is 14.3 Å². The van der Waals surface area contributed by atoms with Crippen molar-refractivity contribution in [3.63, 3.8) is 0 Å². The molecule has 16 heavy (non-hydrogen) atoms. The third-order valence-corrected chi connectivity index (χ3v) is 1.83. The number of carbonyl (C=O) groups is 2. The summed E-state index contributed by atoms with van der Waals surface area (Å²) in [6.07, 6.45) is -0.584. The van der Waals surface area contributed by atoms with Crippen LogP contribution in [0.15, 0.2) is 0 Å². The van der Waals surface area contributed by atoms with E-state index >= 15 is 0 Å². The number of hydrogen-bond acceptors (Lipinski definition) is 3. The van der Waals surface area contributed by atoms with Gasteiger partial charge in [-0.15, -0.1) is 0 Å². The van der Waals surface area contributed by atoms with E-state index in [4.69, 9.17) is 0 Å². The van der Waals surface area contributed by atoms with E-state index in [0.717, 1.165) is 0 Å². The maximum Gasteiger partial charge on any atom is 0.407 e. The highest BCUT2D eigenvalue weighted by molar-refractivity contribution is 5.85. The zero-order valence-electron chi connectivity index (χ0n) is 11.3. The van der Waals surface area contributed by atoms with Gasteiger partial charge in [-0.05, 0) is 5.92 Å². The Morgan fingerprint density at radius 2 is 1.62 bits per heavy atom. The molecule has 0 radical (unpaired) electrons. The van der Waals surface area contributed by atoms with Crippen LogP contribution in [0.1, 0.15) is 27.7 Å². The molecule has 0 aromatic rings. The van der Waals surface area contributed by atoms with Crippen LogP contribution in [0.2, 0.25) is 0 Å². The highest BCUT2D eigenvalue weighted by atomic mass is 16.5. The fourth-order valence-corrected chi connectivity index (χ4v) is 0.978. The van der Waals surface area contributed by atoms with Gasteiger partial charge >= 0.3 is 6.09 Å². The highest BCUT2D eigenvalue weighted by Crippen LogP contribution is 2.04. The Morgan fingerprint density at radius 1 is 1.19 bits per heavy atom. The van der Waals surface area contributed by atoms with Crippen LogP contribution < -0.4 is 5.32 Å². The number of hydrogen-bond donors (Lipinski definition) is 1. The van der Waals surface area contributed by atoms with Crippen molar-refractivity contribution in [2.75, 3.05) is 21.2 Å². The minimum atomic E-state index is -0.584. The average molecular weight is 232 g/mol. The number of amides is 2. The lowest BCUT2D eigenvalue weighted by molar-refractivity contribution is -0.131. The lowest BCUT2D eigenvalue weighted by Gasteiger charge is -2.23. The number of ether oxygens (including phenoxy) is 1. The molecule has 1 unspecified atom stereocenters. The number of alkyl carbamates (subject to hydrolysis) is 1. The van der Waals surface area contributed by atoms with Gasteiger partial charge in [0.15, 0.2) is 0 Å². The van der Waals surface area contributed by atoms with Gasteiger partial charge in [0.25, 0.3) is 0 Å². The van der Waals surface area contributed by atoms with Crippen molar-refractivity contribution in [2.24, 2.45) is 5.92 Å². The predicted molar refractivity (Wildman–Crippen MR) is 64.2 cm³/mol. The quantitative estimate of drug-likeness (QED) is 0.802. The Labute approximate surface area is 98.1 Å². The fourth-order valence-electron chi connectivity index (χ4n) is 0.978. The first-order valence-corrected chi connectivity index (χ1v) is 5.45. The molecule has 2 amide bonds. The van der Waals surface area contributed by atoms with E-state index in [-0.39, 0.29) is 11.8 Å². The molecular weight excluding hydrogens is 208 g/mol. The van der Waals surface area contributed by atoms with Crippen LogP contribution in [0.3, 0.4) is 0 Å². The molecule has 0 spiro atoms. The number of rotatable bonds is 3. The zero-order chi connectivity index (χ0) is 13.3. The van der Waals surface area contributed by atoms with E-state index in [1.807, 2.05) is 27.7 Å². The molecule has 0 aliphatic carbocycles. The second-order valence-corrected chi connectivity index (χ2v) is 3.59. The summed E-state index contributed by atoms with van der Waals surface area (Å²) in [6.45, 7) is 7.73. The standard InChI is InChI=1S/C9H18N2O3.C2H6/c1-6(2)7(8(12)11(3)4)10-9(13)14-5;1-2/h6-7H,1-5H3,(H,10,13);1-2H3. The molecule has 0 fully saturated rings. The molecule has 96 valence electrons. The van der Waals surface area contributed by atoms with Crippen molar-refractivity contribution in [1.82, 2.24) is 10.2 Å². The van der Waals surface area contributed by atoms with Crippen LogP contribution in [0.5, 0.6) is 0 Å². The average Bonchev–Trinajstić information content (AvgIpc) is 2.26. The van der Waals surface area contributed by atoms with Crippen LogP contribution in [0.4, 0.5) is 4.79 Å². The largest absolute Gasteiger partial charge is 0.453 e. The van der Waals surface area contributed by atoms with Gasteiger partial charge < -0.3 is 15.0 Å². The normalized spacial score (nSPS) is 11.0. The molecule has 0 saturated carbocycles. The summed E-state index contributed by atoms with van der Waals surface area (Å²) in [6, 6.07) is -0.530. The summed E-state index contributed by atoms with van der Waals surface area (Å²) in [4.78, 5) is 24.0. The van der Waals surface area contributed by atoms with Gasteiger partial charge in [0.2, 0.25) is 5.91 Å². The topological polar surface area (TPSA) is 58.6 Å². The monoisotopic (exact) mass is 232 g/mol. The van der Waals surface area contributed by atoms with Gasteiger partial charge in [-0.1, -0.05) is 27.7 Å². The Balaban J connectivity index is 0. The van der Waals surface area contributed by atoms with Crippen molar-refractivity contribution in [3.05, 3.63) is 0 Å². The second kappa shape index (κ2) is 9.00. The molecular formula is C11H24N2O3. The molecule has 0 bridgehead atoms. The summed E-state index contributed by atoms with van der Waals surface area (Å²) in [5.41, 5.74) is 0. The summed E-state index contributed by atoms with van der Waals surface area (Å²) >= 11 is 0. The van der Waals surface area contributed by atoms with Gasteiger partial charge in [-0.25, -0.2) is 4.79 Å². The number of nitrogens with zero attached hydrogens (tertiary/aromatic N) is 1. The summed E-state index contributed by atoms with van der Waals surface area (Å²) < 4.78 is 4.44. The molecule has 5 heteroatoms. The van der Waals surface area contributed by atoms with E-state index in [9.17, 15) is 9.59 Å². The van der Waals surface area contributed by atoms with Gasteiger partial charge in [0.1, 0.15) is 6.04 Å². The first kappa shape index (κ1) is 17.1. The lowest BCUT2D eigenvalue weighted by atomic mass is 10.0. The molecule has 0 saturated heterocycles. The minimum absolute atomic E-state index is 0.0315. The van der Waals surface area contributed by atoms with Crippen molar-refractivity contribution in [3.8, 4) is 0 Å². The number of likely N-dealkylation sites (N-methyl/N-ethyl adjacent to an activating group) is 1. The fraction of sp³-hybridized carbons (Fsp3) is 0.818. The van der Waals surface area contributed by atoms with E-state index in [2.05, 4.69) is 10.1 Å². The third-order valence-electron chi connectivity index (χ3n) is 1.83. The van der Waals surface area contributed by atoms with Crippen LogP contribution in [0.25, 0.3) is 0 Å². The van der Waals surface area contributed by atoms with E-state index in [1.165, 1.54) is 12.0 Å². The van der Waals surface area contributed by atoms with Crippen LogP contribution in [0, 0.1) is 5.92 Å². The van der Waals surface area contributed by atoms with E-state index in [1.54, 1.807) is 14.1 Å². The minimum Gasteiger partial charge on any atom is -0.453 e. The van der Waals surface area contributed by atoms with Crippen LogP contribution in [-0.2, 0) is 9.53 Å². The van der Waals surface area contributed by atoms with Gasteiger partial charge in [-0.3, -0.25) is 4.79 Å². The van der Waals surface area contributed by atoms with Crippen LogP contribution in [-0.4, -0.2) is 44.1 Å². The van der Waals surface area contributed by atoms with Gasteiger partial charge in [-0.2, -0.15) is 0 Å². The van der Waals surface area contributed by atoms with E-state index < -0.39 is 12.1 Å². The van der Waals surface area contributed by atoms with Crippen LogP contribution >= 0.6 is 0 Å². The Kier molecular flexibility index (Phi) is 9.65. The number of nitrogens with one attached hydrogen (secondary N) is 1. The number of carbonyl (C=O) groups excluding carboxylic acids is 2. The number of methoxy groups -OCH3 is 1. The predicted octanol–water partition coefficient (Wildman–Crippen LogP) is 1.48. The van der Waals surface area contributed by atoms with Gasteiger partial charge in [0, 0.05) is 14.1 Å². The zero-order valence-corrected chi connectivity index (χ0v) is 11.3. The smallest absolute Gasteiger partial charge is 0.407 e. The molecule has 1 atom stereocenters. The molecule has 0 aliphatic heterocycles. The summed E-state index contributed by atoms with van der Waals surface area (Å²) in [7, 11) is 4.57. The Bertz CT molecular complexity index is 215. The molecule has 0 aliphatic rings. The molecule has 0 aromatic carbocycles. The maximum absolute atomic E-state index is 11.6. The second-order valence-electron chi connectivity index (χ2n) is 3.59. The molecule has 0 rings (SSSR count). The third kappa shape index (κ3) is 6.27. The Hall–Kier alpha value is -1.26. The molecule has 1 N–H and O–H groups in total. The summed E-state index contributed by atoms with van der Waals surface area (Å²) in [5, 5.41) is 2.49. The van der Waals surface area contributed by atoms with E-state index in [0.29, 0.717) is 0 Å². The van der Waals surface area contributed by atoms with Crippen molar-refractivity contribution in [1.29, 1.82) is 0 Å².